The second-order valence-electron chi connectivity index (χ2n) is 7.86. The fraction of sp³-hybridized carbons (Fsp3) is 0.435. The first-order valence-electron chi connectivity index (χ1n) is 9.86. The van der Waals surface area contributed by atoms with Crippen LogP contribution in [0.4, 0.5) is 0 Å². The minimum atomic E-state index is 0.194. The maximum absolute atomic E-state index is 5.42. The molecule has 0 bridgehead atoms. The van der Waals surface area contributed by atoms with Crippen molar-refractivity contribution in [2.24, 2.45) is 18.0 Å². The number of amidine groups is 1. The number of hydrogen-bond acceptors (Lipinski definition) is 2. The van der Waals surface area contributed by atoms with E-state index in [1.807, 2.05) is 0 Å². The monoisotopic (exact) mass is 363 g/mol. The molecular weight excluding hydrogens is 334 g/mol. The van der Waals surface area contributed by atoms with Gasteiger partial charge in [-0.3, -0.25) is 4.99 Å². The third-order valence-electron chi connectivity index (χ3n) is 5.77. The van der Waals surface area contributed by atoms with Crippen molar-refractivity contribution in [3.05, 3.63) is 60.0 Å². The van der Waals surface area contributed by atoms with Crippen LogP contribution >= 0.6 is 0 Å². The quantitative estimate of drug-likeness (QED) is 0.761. The Morgan fingerprint density at radius 1 is 1.22 bits per heavy atom. The fourth-order valence-corrected chi connectivity index (χ4v) is 4.20. The molecule has 2 aliphatic rings. The van der Waals surface area contributed by atoms with Crippen molar-refractivity contribution in [2.75, 3.05) is 13.7 Å². The van der Waals surface area contributed by atoms with E-state index in [1.54, 1.807) is 7.11 Å². The predicted molar refractivity (Wildman–Crippen MR) is 112 cm³/mol. The first-order chi connectivity index (χ1) is 13.1. The van der Waals surface area contributed by atoms with Crippen LogP contribution in [0.3, 0.4) is 0 Å². The number of methoxy groups -OCH3 is 1. The Morgan fingerprint density at radius 2 is 2.04 bits per heavy atom. The Morgan fingerprint density at radius 3 is 2.78 bits per heavy atom. The van der Waals surface area contributed by atoms with Crippen molar-refractivity contribution in [3.63, 3.8) is 0 Å². The lowest BCUT2D eigenvalue weighted by molar-refractivity contribution is 0.164. The van der Waals surface area contributed by atoms with Gasteiger partial charge in [0, 0.05) is 37.5 Å². The zero-order valence-electron chi connectivity index (χ0n) is 16.7. The van der Waals surface area contributed by atoms with E-state index in [1.165, 1.54) is 28.1 Å². The Kier molecular flexibility index (Phi) is 4.92. The third kappa shape index (κ3) is 3.23. The van der Waals surface area contributed by atoms with E-state index in [9.17, 15) is 0 Å². The summed E-state index contributed by atoms with van der Waals surface area (Å²) in [6.45, 7) is 5.11. The third-order valence-corrected chi connectivity index (χ3v) is 5.77. The molecule has 0 unspecified atom stereocenters. The molecule has 0 aliphatic carbocycles. The van der Waals surface area contributed by atoms with E-state index in [-0.39, 0.29) is 12.1 Å². The number of allylic oxidation sites excluding steroid dienone is 3. The summed E-state index contributed by atoms with van der Waals surface area (Å²) in [5.41, 5.74) is 3.95. The highest BCUT2D eigenvalue weighted by atomic mass is 16.5. The van der Waals surface area contributed by atoms with Gasteiger partial charge in [0.2, 0.25) is 0 Å². The van der Waals surface area contributed by atoms with Crippen LogP contribution < -0.4 is 0 Å². The second kappa shape index (κ2) is 7.35. The summed E-state index contributed by atoms with van der Waals surface area (Å²) in [6.07, 6.45) is 8.79. The van der Waals surface area contributed by atoms with Crippen LogP contribution in [0.15, 0.2) is 59.2 Å². The number of benzene rings is 1. The smallest absolute Gasteiger partial charge is 0.105 e. The molecule has 0 N–H and O–H groups in total. The maximum Gasteiger partial charge on any atom is 0.105 e. The van der Waals surface area contributed by atoms with Gasteiger partial charge in [0.1, 0.15) is 5.84 Å². The average Bonchev–Trinajstić information content (AvgIpc) is 3.23. The SMILES string of the molecule is COC[C@@H](N=C1CCC2=CC=C[C@@H](c3cc4ccccc4n3C)N21)C(C)C. The van der Waals surface area contributed by atoms with Crippen molar-refractivity contribution < 1.29 is 4.74 Å². The lowest BCUT2D eigenvalue weighted by Crippen LogP contribution is -2.32. The molecule has 1 saturated heterocycles. The van der Waals surface area contributed by atoms with Gasteiger partial charge in [-0.25, -0.2) is 0 Å². The van der Waals surface area contributed by atoms with Gasteiger partial charge >= 0.3 is 0 Å². The van der Waals surface area contributed by atoms with Crippen LogP contribution in [0, 0.1) is 5.92 Å². The normalized spacial score (nSPS) is 22.0. The summed E-state index contributed by atoms with van der Waals surface area (Å²) in [5.74, 6) is 1.65. The molecule has 2 atom stereocenters. The Labute approximate surface area is 161 Å². The second-order valence-corrected chi connectivity index (χ2v) is 7.86. The number of aromatic nitrogens is 1. The van der Waals surface area contributed by atoms with E-state index in [0.29, 0.717) is 12.5 Å². The number of ether oxygens (including phenoxy) is 1. The van der Waals surface area contributed by atoms with E-state index in [2.05, 4.69) is 78.9 Å². The number of aliphatic imine (C=N–C) groups is 1. The molecule has 1 fully saturated rings. The summed E-state index contributed by atoms with van der Waals surface area (Å²) in [6, 6.07) is 11.3. The van der Waals surface area contributed by atoms with E-state index in [4.69, 9.17) is 9.73 Å². The lowest BCUT2D eigenvalue weighted by atomic mass is 10.1. The van der Waals surface area contributed by atoms with Crippen LogP contribution in [0.25, 0.3) is 10.9 Å². The van der Waals surface area contributed by atoms with Crippen molar-refractivity contribution in [2.45, 2.75) is 38.8 Å². The van der Waals surface area contributed by atoms with Gasteiger partial charge < -0.3 is 14.2 Å². The molecule has 3 heterocycles. The van der Waals surface area contributed by atoms with Gasteiger partial charge in [0.15, 0.2) is 0 Å². The van der Waals surface area contributed by atoms with Crippen LogP contribution in [0.2, 0.25) is 0 Å². The number of fused-ring (bicyclic) bond motifs is 2. The molecule has 0 radical (unpaired) electrons. The highest BCUT2D eigenvalue weighted by molar-refractivity contribution is 5.89. The van der Waals surface area contributed by atoms with Crippen LogP contribution in [0.1, 0.15) is 38.4 Å². The summed E-state index contributed by atoms with van der Waals surface area (Å²) in [5, 5.41) is 1.29. The molecule has 142 valence electrons. The molecule has 0 saturated carbocycles. The van der Waals surface area contributed by atoms with Crippen molar-refractivity contribution in [1.82, 2.24) is 9.47 Å². The Balaban J connectivity index is 1.74. The van der Waals surface area contributed by atoms with Gasteiger partial charge in [0.05, 0.1) is 18.7 Å². The standard InChI is InChI=1S/C23H29N3O/c1-16(2)19(15-27-4)24-23-13-12-18-9-7-11-21(26(18)23)22-14-17-8-5-6-10-20(17)25(22)3/h5-11,14,16,19,21H,12-13,15H2,1-4H3/t19-,21+/m1/s1. The van der Waals surface area contributed by atoms with Crippen LogP contribution in [-0.2, 0) is 11.8 Å². The summed E-state index contributed by atoms with van der Waals surface area (Å²) < 4.78 is 7.74. The zero-order chi connectivity index (χ0) is 19.0. The zero-order valence-corrected chi connectivity index (χ0v) is 16.7. The molecule has 2 aliphatic heterocycles. The summed E-state index contributed by atoms with van der Waals surface area (Å²) in [4.78, 5) is 7.59. The molecule has 27 heavy (non-hydrogen) atoms. The van der Waals surface area contributed by atoms with E-state index < -0.39 is 0 Å². The van der Waals surface area contributed by atoms with Crippen molar-refractivity contribution >= 4 is 16.7 Å². The van der Waals surface area contributed by atoms with Crippen LogP contribution in [-0.4, -0.2) is 35.1 Å². The highest BCUT2D eigenvalue weighted by Crippen LogP contribution is 2.39. The maximum atomic E-state index is 5.42. The predicted octanol–water partition coefficient (Wildman–Crippen LogP) is 4.84. The summed E-state index contributed by atoms with van der Waals surface area (Å²) >= 11 is 0. The van der Waals surface area contributed by atoms with E-state index >= 15 is 0 Å². The molecule has 1 aromatic heterocycles. The van der Waals surface area contributed by atoms with Gasteiger partial charge in [-0.05, 0) is 35.9 Å². The number of rotatable bonds is 5. The van der Waals surface area contributed by atoms with Gasteiger partial charge in [-0.2, -0.15) is 0 Å². The topological polar surface area (TPSA) is 29.8 Å². The Hall–Kier alpha value is -2.33. The molecule has 0 spiro atoms. The summed E-state index contributed by atoms with van der Waals surface area (Å²) in [7, 11) is 3.93. The minimum Gasteiger partial charge on any atom is -0.382 e. The first-order valence-corrected chi connectivity index (χ1v) is 9.86. The molecule has 1 aromatic carbocycles. The molecule has 4 nitrogen and oxygen atoms in total. The van der Waals surface area contributed by atoms with Crippen molar-refractivity contribution in [1.29, 1.82) is 0 Å². The number of hydrogen-bond donors (Lipinski definition) is 0. The molecule has 4 heteroatoms. The molecule has 0 amide bonds. The first kappa shape index (κ1) is 18.1. The molecular formula is C23H29N3O. The number of aryl methyl sites for hydroxylation is 1. The van der Waals surface area contributed by atoms with E-state index in [0.717, 1.165) is 12.8 Å². The largest absolute Gasteiger partial charge is 0.382 e. The van der Waals surface area contributed by atoms with Crippen molar-refractivity contribution in [3.8, 4) is 0 Å². The average molecular weight is 364 g/mol. The van der Waals surface area contributed by atoms with Gasteiger partial charge in [0.25, 0.3) is 0 Å². The Bertz CT molecular complexity index is 919. The molecule has 2 aromatic rings. The minimum absolute atomic E-state index is 0.194. The van der Waals surface area contributed by atoms with Crippen LogP contribution in [0.5, 0.6) is 0 Å². The van der Waals surface area contributed by atoms with Gasteiger partial charge in [-0.15, -0.1) is 0 Å². The number of para-hydroxylation sites is 1. The lowest BCUT2D eigenvalue weighted by Gasteiger charge is -2.32. The van der Waals surface area contributed by atoms with Gasteiger partial charge in [-0.1, -0.05) is 44.2 Å². The highest BCUT2D eigenvalue weighted by Gasteiger charge is 2.34. The fourth-order valence-electron chi connectivity index (χ4n) is 4.20. The number of nitrogens with zero attached hydrogens (tertiary/aromatic N) is 3. The molecule has 4 rings (SSSR count).